The monoisotopic (exact) mass is 299 g/mol. The first-order valence-electron chi connectivity index (χ1n) is 6.41. The van der Waals surface area contributed by atoms with Gasteiger partial charge in [-0.05, 0) is 11.6 Å². The van der Waals surface area contributed by atoms with Crippen molar-refractivity contribution < 1.29 is 17.9 Å². The SMILES string of the molecule is COCCn1cc(NCc2ccccc2C(F)(F)F)cn1. The minimum atomic E-state index is -4.35. The summed E-state index contributed by atoms with van der Waals surface area (Å²) in [5.74, 6) is 0. The molecule has 7 heteroatoms. The maximum absolute atomic E-state index is 12.9. The average Bonchev–Trinajstić information content (AvgIpc) is 2.90. The van der Waals surface area contributed by atoms with Crippen LogP contribution in [-0.4, -0.2) is 23.5 Å². The highest BCUT2D eigenvalue weighted by Gasteiger charge is 2.32. The Hall–Kier alpha value is -2.02. The minimum Gasteiger partial charge on any atom is -0.383 e. The molecule has 1 heterocycles. The molecule has 1 aromatic heterocycles. The average molecular weight is 299 g/mol. The van der Waals surface area contributed by atoms with E-state index in [4.69, 9.17) is 4.74 Å². The number of benzene rings is 1. The number of rotatable bonds is 6. The van der Waals surface area contributed by atoms with E-state index in [1.807, 2.05) is 0 Å². The summed E-state index contributed by atoms with van der Waals surface area (Å²) in [7, 11) is 1.59. The predicted octanol–water partition coefficient (Wildman–Crippen LogP) is 3.16. The van der Waals surface area contributed by atoms with Gasteiger partial charge in [0.25, 0.3) is 0 Å². The van der Waals surface area contributed by atoms with Crippen molar-refractivity contribution >= 4 is 5.69 Å². The summed E-state index contributed by atoms with van der Waals surface area (Å²) in [5.41, 5.74) is 0.252. The second kappa shape index (κ2) is 6.62. The Morgan fingerprint density at radius 1 is 1.29 bits per heavy atom. The van der Waals surface area contributed by atoms with Gasteiger partial charge in [-0.3, -0.25) is 4.68 Å². The summed E-state index contributed by atoms with van der Waals surface area (Å²) in [6.45, 7) is 1.21. The maximum Gasteiger partial charge on any atom is 0.416 e. The second-order valence-corrected chi connectivity index (χ2v) is 4.49. The third-order valence-corrected chi connectivity index (χ3v) is 2.96. The van der Waals surface area contributed by atoms with E-state index in [9.17, 15) is 13.2 Å². The van der Waals surface area contributed by atoms with Gasteiger partial charge < -0.3 is 10.1 Å². The molecule has 0 fully saturated rings. The molecule has 2 rings (SSSR count). The van der Waals surface area contributed by atoms with Crippen molar-refractivity contribution in [3.05, 3.63) is 47.8 Å². The number of hydrogen-bond acceptors (Lipinski definition) is 3. The van der Waals surface area contributed by atoms with Gasteiger partial charge >= 0.3 is 6.18 Å². The highest BCUT2D eigenvalue weighted by atomic mass is 19.4. The van der Waals surface area contributed by atoms with Crippen molar-refractivity contribution in [3.63, 3.8) is 0 Å². The lowest BCUT2D eigenvalue weighted by Crippen LogP contribution is -2.11. The van der Waals surface area contributed by atoms with E-state index in [1.54, 1.807) is 30.3 Å². The van der Waals surface area contributed by atoms with Gasteiger partial charge in [0.2, 0.25) is 0 Å². The van der Waals surface area contributed by atoms with Crippen LogP contribution in [0.4, 0.5) is 18.9 Å². The Labute approximate surface area is 120 Å². The van der Waals surface area contributed by atoms with Gasteiger partial charge in [-0.15, -0.1) is 0 Å². The van der Waals surface area contributed by atoms with Crippen molar-refractivity contribution in [1.82, 2.24) is 9.78 Å². The normalized spacial score (nSPS) is 11.6. The Morgan fingerprint density at radius 3 is 2.76 bits per heavy atom. The van der Waals surface area contributed by atoms with Gasteiger partial charge in [0.1, 0.15) is 0 Å². The molecule has 0 unspecified atom stereocenters. The van der Waals surface area contributed by atoms with Crippen molar-refractivity contribution in [3.8, 4) is 0 Å². The number of hydrogen-bond donors (Lipinski definition) is 1. The summed E-state index contributed by atoms with van der Waals surface area (Å²) >= 11 is 0. The molecule has 0 aliphatic heterocycles. The number of alkyl halides is 3. The highest BCUT2D eigenvalue weighted by molar-refractivity contribution is 5.41. The van der Waals surface area contributed by atoms with Crippen molar-refractivity contribution in [1.29, 1.82) is 0 Å². The zero-order chi connectivity index (χ0) is 15.3. The van der Waals surface area contributed by atoms with E-state index < -0.39 is 11.7 Å². The van der Waals surface area contributed by atoms with Crippen LogP contribution in [0, 0.1) is 0 Å². The first kappa shape index (κ1) is 15.4. The lowest BCUT2D eigenvalue weighted by molar-refractivity contribution is -0.138. The Kier molecular flexibility index (Phi) is 4.85. The number of nitrogens with one attached hydrogen (secondary N) is 1. The van der Waals surface area contributed by atoms with Gasteiger partial charge in [-0.1, -0.05) is 18.2 Å². The predicted molar refractivity (Wildman–Crippen MR) is 72.9 cm³/mol. The molecular formula is C14H16F3N3O. The summed E-state index contributed by atoms with van der Waals surface area (Å²) in [6, 6.07) is 5.52. The lowest BCUT2D eigenvalue weighted by Gasteiger charge is -2.13. The largest absolute Gasteiger partial charge is 0.416 e. The van der Waals surface area contributed by atoms with E-state index in [0.717, 1.165) is 6.07 Å². The fourth-order valence-electron chi connectivity index (χ4n) is 1.91. The second-order valence-electron chi connectivity index (χ2n) is 4.49. The summed E-state index contributed by atoms with van der Waals surface area (Å²) in [6.07, 6.45) is -1.04. The van der Waals surface area contributed by atoms with Crippen LogP contribution >= 0.6 is 0 Å². The van der Waals surface area contributed by atoms with E-state index >= 15 is 0 Å². The fraction of sp³-hybridized carbons (Fsp3) is 0.357. The number of nitrogens with zero attached hydrogens (tertiary/aromatic N) is 2. The molecule has 1 N–H and O–H groups in total. The van der Waals surface area contributed by atoms with E-state index in [-0.39, 0.29) is 12.1 Å². The lowest BCUT2D eigenvalue weighted by atomic mass is 10.1. The Morgan fingerprint density at radius 2 is 2.05 bits per heavy atom. The van der Waals surface area contributed by atoms with Crippen molar-refractivity contribution in [2.75, 3.05) is 19.0 Å². The standard InChI is InChI=1S/C14H16F3N3O/c1-21-7-6-20-10-12(9-19-20)18-8-11-4-2-3-5-13(11)14(15,16)17/h2-5,9-10,18H,6-8H2,1H3. The molecule has 0 aliphatic carbocycles. The van der Waals surface area contributed by atoms with Crippen LogP contribution in [0.25, 0.3) is 0 Å². The summed E-state index contributed by atoms with van der Waals surface area (Å²) in [4.78, 5) is 0. The molecule has 0 radical (unpaired) electrons. The molecule has 114 valence electrons. The van der Waals surface area contributed by atoms with Gasteiger partial charge in [0.15, 0.2) is 0 Å². The number of halogens is 3. The Bertz CT molecular complexity index is 581. The first-order chi connectivity index (χ1) is 10.0. The zero-order valence-electron chi connectivity index (χ0n) is 11.5. The van der Waals surface area contributed by atoms with Crippen LogP contribution in [0.3, 0.4) is 0 Å². The zero-order valence-corrected chi connectivity index (χ0v) is 11.5. The maximum atomic E-state index is 12.9. The molecule has 0 atom stereocenters. The molecule has 0 spiro atoms. The fourth-order valence-corrected chi connectivity index (χ4v) is 1.91. The third kappa shape index (κ3) is 4.22. The van der Waals surface area contributed by atoms with Gasteiger partial charge in [0, 0.05) is 19.9 Å². The molecule has 2 aromatic rings. The summed E-state index contributed by atoms with van der Waals surface area (Å²) < 4.78 is 45.2. The topological polar surface area (TPSA) is 39.1 Å². The first-order valence-corrected chi connectivity index (χ1v) is 6.41. The molecule has 0 saturated heterocycles. The van der Waals surface area contributed by atoms with E-state index in [0.29, 0.717) is 18.8 Å². The van der Waals surface area contributed by atoms with Crippen molar-refractivity contribution in [2.45, 2.75) is 19.3 Å². The Balaban J connectivity index is 2.02. The van der Waals surface area contributed by atoms with Crippen molar-refractivity contribution in [2.24, 2.45) is 0 Å². The number of methoxy groups -OCH3 is 1. The van der Waals surface area contributed by atoms with Crippen LogP contribution in [-0.2, 0) is 24.0 Å². The quantitative estimate of drug-likeness (QED) is 0.890. The molecule has 21 heavy (non-hydrogen) atoms. The molecule has 0 aliphatic rings. The number of ether oxygens (including phenoxy) is 1. The molecule has 4 nitrogen and oxygen atoms in total. The molecule has 1 aromatic carbocycles. The van der Waals surface area contributed by atoms with E-state index in [2.05, 4.69) is 10.4 Å². The molecule has 0 saturated carbocycles. The summed E-state index contributed by atoms with van der Waals surface area (Å²) in [5, 5.41) is 7.04. The van der Waals surface area contributed by atoms with Crippen LogP contribution in [0.1, 0.15) is 11.1 Å². The van der Waals surface area contributed by atoms with Crippen LogP contribution in [0.5, 0.6) is 0 Å². The van der Waals surface area contributed by atoms with Gasteiger partial charge in [-0.25, -0.2) is 0 Å². The number of anilines is 1. The molecular weight excluding hydrogens is 283 g/mol. The van der Waals surface area contributed by atoms with Crippen LogP contribution < -0.4 is 5.32 Å². The smallest absolute Gasteiger partial charge is 0.383 e. The molecule has 0 amide bonds. The highest BCUT2D eigenvalue weighted by Crippen LogP contribution is 2.32. The van der Waals surface area contributed by atoms with Gasteiger partial charge in [0.05, 0.1) is 30.6 Å². The number of aromatic nitrogens is 2. The van der Waals surface area contributed by atoms with Gasteiger partial charge in [-0.2, -0.15) is 18.3 Å². The van der Waals surface area contributed by atoms with E-state index in [1.165, 1.54) is 12.1 Å². The van der Waals surface area contributed by atoms with Crippen LogP contribution in [0.2, 0.25) is 0 Å². The third-order valence-electron chi connectivity index (χ3n) is 2.96. The molecule has 0 bridgehead atoms. The van der Waals surface area contributed by atoms with Crippen LogP contribution in [0.15, 0.2) is 36.7 Å². The minimum absolute atomic E-state index is 0.0889.